The highest BCUT2D eigenvalue weighted by molar-refractivity contribution is 6.09. The van der Waals surface area contributed by atoms with E-state index in [1.807, 2.05) is 18.2 Å². The SMILES string of the molecule is c1ccc(-c2ccccc2N(c2ccc(-n3c4ccccc4c4ccccc43)cc2)c2nc3c(ccc4ccccc43)o2)cc1. The lowest BCUT2D eigenvalue weighted by atomic mass is 10.0. The highest BCUT2D eigenvalue weighted by atomic mass is 16.4. The summed E-state index contributed by atoms with van der Waals surface area (Å²) in [6, 6.07) is 57.7. The van der Waals surface area contributed by atoms with E-state index in [9.17, 15) is 0 Å². The zero-order chi connectivity index (χ0) is 29.7. The first-order chi connectivity index (χ1) is 22.3. The minimum atomic E-state index is 0.523. The van der Waals surface area contributed by atoms with E-state index in [1.165, 1.54) is 21.8 Å². The molecule has 0 aliphatic carbocycles. The molecule has 9 aromatic rings. The van der Waals surface area contributed by atoms with Crippen LogP contribution in [0.3, 0.4) is 0 Å². The molecule has 2 aromatic heterocycles. The van der Waals surface area contributed by atoms with Crippen molar-refractivity contribution in [1.29, 1.82) is 0 Å². The third kappa shape index (κ3) is 4.11. The van der Waals surface area contributed by atoms with E-state index in [0.717, 1.165) is 50.1 Å². The largest absolute Gasteiger partial charge is 0.423 e. The fourth-order valence-corrected chi connectivity index (χ4v) is 6.58. The number of rotatable bonds is 5. The Morgan fingerprint density at radius 1 is 0.511 bits per heavy atom. The molecule has 2 heterocycles. The fraction of sp³-hybridized carbons (Fsp3) is 0. The number of para-hydroxylation sites is 3. The van der Waals surface area contributed by atoms with Crippen molar-refractivity contribution in [2.75, 3.05) is 4.90 Å². The maximum absolute atomic E-state index is 6.57. The number of aromatic nitrogens is 2. The Labute approximate surface area is 260 Å². The normalized spacial score (nSPS) is 11.6. The average Bonchev–Trinajstić information content (AvgIpc) is 3.69. The summed E-state index contributed by atoms with van der Waals surface area (Å²) >= 11 is 0. The van der Waals surface area contributed by atoms with Gasteiger partial charge >= 0.3 is 6.01 Å². The number of benzene rings is 7. The van der Waals surface area contributed by atoms with Crippen LogP contribution in [0.2, 0.25) is 0 Å². The molecule has 0 aliphatic rings. The van der Waals surface area contributed by atoms with Gasteiger partial charge in [0.25, 0.3) is 0 Å². The average molecular weight is 578 g/mol. The van der Waals surface area contributed by atoms with Crippen LogP contribution >= 0.6 is 0 Å². The molecular weight excluding hydrogens is 550 g/mol. The van der Waals surface area contributed by atoms with Crippen molar-refractivity contribution in [3.8, 4) is 16.8 Å². The van der Waals surface area contributed by atoms with Gasteiger partial charge in [0.1, 0.15) is 5.52 Å². The fourth-order valence-electron chi connectivity index (χ4n) is 6.58. The van der Waals surface area contributed by atoms with Crippen LogP contribution in [0.1, 0.15) is 0 Å². The molecule has 0 saturated carbocycles. The lowest BCUT2D eigenvalue weighted by Crippen LogP contribution is -2.11. The summed E-state index contributed by atoms with van der Waals surface area (Å²) in [5, 5.41) is 4.70. The Bertz CT molecular complexity index is 2440. The Hall–Kier alpha value is -6.13. The molecule has 0 fully saturated rings. The van der Waals surface area contributed by atoms with Crippen molar-refractivity contribution >= 4 is 61.1 Å². The Morgan fingerprint density at radius 3 is 1.89 bits per heavy atom. The first kappa shape index (κ1) is 25.4. The number of nitrogens with zero attached hydrogens (tertiary/aromatic N) is 3. The van der Waals surface area contributed by atoms with Crippen LogP contribution in [0.15, 0.2) is 168 Å². The Balaban J connectivity index is 1.25. The quantitative estimate of drug-likeness (QED) is 0.204. The van der Waals surface area contributed by atoms with Crippen molar-refractivity contribution in [2.24, 2.45) is 0 Å². The van der Waals surface area contributed by atoms with E-state index < -0.39 is 0 Å². The number of hydrogen-bond acceptors (Lipinski definition) is 3. The second-order valence-corrected chi connectivity index (χ2v) is 11.2. The minimum Gasteiger partial charge on any atom is -0.423 e. The molecule has 0 atom stereocenters. The summed E-state index contributed by atoms with van der Waals surface area (Å²) in [6.07, 6.45) is 0. The lowest BCUT2D eigenvalue weighted by molar-refractivity contribution is 0.608. The van der Waals surface area contributed by atoms with Gasteiger partial charge in [-0.25, -0.2) is 0 Å². The minimum absolute atomic E-state index is 0.523. The number of anilines is 3. The van der Waals surface area contributed by atoms with Gasteiger partial charge in [0, 0.05) is 27.4 Å². The third-order valence-electron chi connectivity index (χ3n) is 8.64. The molecule has 0 saturated heterocycles. The molecule has 9 rings (SSSR count). The summed E-state index contributed by atoms with van der Waals surface area (Å²) in [7, 11) is 0. The van der Waals surface area contributed by atoms with E-state index >= 15 is 0 Å². The summed E-state index contributed by atoms with van der Waals surface area (Å²) in [6.45, 7) is 0. The molecule has 45 heavy (non-hydrogen) atoms. The predicted octanol–water partition coefficient (Wildman–Crippen LogP) is 11.2. The van der Waals surface area contributed by atoms with Gasteiger partial charge in [-0.15, -0.1) is 0 Å². The first-order valence-electron chi connectivity index (χ1n) is 15.1. The molecule has 0 N–H and O–H groups in total. The Morgan fingerprint density at radius 2 is 1.13 bits per heavy atom. The summed E-state index contributed by atoms with van der Waals surface area (Å²) < 4.78 is 8.90. The molecule has 7 aromatic carbocycles. The highest BCUT2D eigenvalue weighted by Crippen LogP contribution is 2.42. The van der Waals surface area contributed by atoms with Gasteiger partial charge in [-0.1, -0.05) is 115 Å². The van der Waals surface area contributed by atoms with Gasteiger partial charge < -0.3 is 8.98 Å². The smallest absolute Gasteiger partial charge is 0.307 e. The van der Waals surface area contributed by atoms with Gasteiger partial charge in [0.15, 0.2) is 5.58 Å². The van der Waals surface area contributed by atoms with E-state index in [4.69, 9.17) is 9.40 Å². The summed E-state index contributed by atoms with van der Waals surface area (Å²) in [5.41, 5.74) is 9.24. The molecule has 0 amide bonds. The van der Waals surface area contributed by atoms with Gasteiger partial charge in [-0.3, -0.25) is 4.90 Å². The summed E-state index contributed by atoms with van der Waals surface area (Å²) in [4.78, 5) is 7.27. The van der Waals surface area contributed by atoms with Crippen LogP contribution in [-0.4, -0.2) is 9.55 Å². The molecule has 0 bridgehead atoms. The van der Waals surface area contributed by atoms with Crippen molar-refractivity contribution < 1.29 is 4.42 Å². The van der Waals surface area contributed by atoms with E-state index in [-0.39, 0.29) is 0 Å². The van der Waals surface area contributed by atoms with Crippen LogP contribution < -0.4 is 4.90 Å². The van der Waals surface area contributed by atoms with Crippen molar-refractivity contribution in [3.63, 3.8) is 0 Å². The molecule has 0 unspecified atom stereocenters. The second kappa shape index (κ2) is 10.2. The van der Waals surface area contributed by atoms with Crippen LogP contribution in [0, 0.1) is 0 Å². The summed E-state index contributed by atoms with van der Waals surface area (Å²) in [5.74, 6) is 0. The van der Waals surface area contributed by atoms with Crippen LogP contribution in [0.5, 0.6) is 0 Å². The van der Waals surface area contributed by atoms with E-state index in [2.05, 4.69) is 155 Å². The predicted molar refractivity (Wildman–Crippen MR) is 186 cm³/mol. The molecule has 0 spiro atoms. The van der Waals surface area contributed by atoms with Gasteiger partial charge in [0.05, 0.1) is 22.4 Å². The first-order valence-corrected chi connectivity index (χ1v) is 15.1. The van der Waals surface area contributed by atoms with E-state index in [1.54, 1.807) is 0 Å². The van der Waals surface area contributed by atoms with Gasteiger partial charge in [-0.2, -0.15) is 4.98 Å². The van der Waals surface area contributed by atoms with Crippen molar-refractivity contribution in [2.45, 2.75) is 0 Å². The highest BCUT2D eigenvalue weighted by Gasteiger charge is 2.23. The van der Waals surface area contributed by atoms with E-state index in [0.29, 0.717) is 6.01 Å². The monoisotopic (exact) mass is 577 g/mol. The van der Waals surface area contributed by atoms with Crippen molar-refractivity contribution in [3.05, 3.63) is 164 Å². The topological polar surface area (TPSA) is 34.2 Å². The van der Waals surface area contributed by atoms with Crippen molar-refractivity contribution in [1.82, 2.24) is 9.55 Å². The molecule has 0 aliphatic heterocycles. The third-order valence-corrected chi connectivity index (χ3v) is 8.64. The zero-order valence-corrected chi connectivity index (χ0v) is 24.3. The zero-order valence-electron chi connectivity index (χ0n) is 24.3. The second-order valence-electron chi connectivity index (χ2n) is 11.2. The molecule has 4 nitrogen and oxygen atoms in total. The standard InChI is InChI=1S/C41H27N3O/c1-2-12-28(13-3-1)32-15-6-9-19-36(32)44(41-42-40-33-16-5-4-14-29(33)22-27-39(40)45-41)31-25-23-30(24-26-31)43-37-20-10-7-17-34(37)35-18-8-11-21-38(35)43/h1-27H. The number of oxazole rings is 1. The maximum Gasteiger partial charge on any atom is 0.307 e. The lowest BCUT2D eigenvalue weighted by Gasteiger charge is -2.24. The number of fused-ring (bicyclic) bond motifs is 6. The van der Waals surface area contributed by atoms with Crippen LogP contribution in [0.4, 0.5) is 17.4 Å². The van der Waals surface area contributed by atoms with Crippen LogP contribution in [0.25, 0.3) is 60.5 Å². The number of hydrogen-bond donors (Lipinski definition) is 0. The van der Waals surface area contributed by atoms with Gasteiger partial charge in [0.2, 0.25) is 0 Å². The molecular formula is C41H27N3O. The Kier molecular flexibility index (Phi) is 5.78. The van der Waals surface area contributed by atoms with Gasteiger partial charge in [-0.05, 0) is 59.5 Å². The van der Waals surface area contributed by atoms with Crippen LogP contribution in [-0.2, 0) is 0 Å². The molecule has 0 radical (unpaired) electrons. The maximum atomic E-state index is 6.57. The molecule has 4 heteroatoms. The molecule has 212 valence electrons.